The number of benzene rings is 3. The van der Waals surface area contributed by atoms with Crippen molar-refractivity contribution in [1.82, 2.24) is 0 Å². The Balaban J connectivity index is 1.57. The first kappa shape index (κ1) is 20.3. The second-order valence-electron chi connectivity index (χ2n) is 8.44. The van der Waals surface area contributed by atoms with Crippen LogP contribution in [-0.2, 0) is 0 Å². The summed E-state index contributed by atoms with van der Waals surface area (Å²) >= 11 is 0. The molecule has 1 heterocycles. The van der Waals surface area contributed by atoms with Crippen molar-refractivity contribution in [3.8, 4) is 17.2 Å². The van der Waals surface area contributed by atoms with Crippen LogP contribution < -0.4 is 4.74 Å². The third kappa shape index (κ3) is 3.75. The van der Waals surface area contributed by atoms with Crippen LogP contribution in [0.5, 0.6) is 17.2 Å². The van der Waals surface area contributed by atoms with Crippen LogP contribution in [0.3, 0.4) is 0 Å². The van der Waals surface area contributed by atoms with Crippen molar-refractivity contribution in [2.45, 2.75) is 37.5 Å². The lowest BCUT2D eigenvalue weighted by molar-refractivity contribution is -0.0426. The third-order valence-electron chi connectivity index (χ3n) is 6.45. The average molecular weight is 427 g/mol. The van der Waals surface area contributed by atoms with Gasteiger partial charge in [-0.05, 0) is 43.2 Å². The van der Waals surface area contributed by atoms with E-state index in [1.54, 1.807) is 36.7 Å². The summed E-state index contributed by atoms with van der Waals surface area (Å²) in [5, 5.41) is 20.4. The number of aromatic hydroxyl groups is 2. The van der Waals surface area contributed by atoms with E-state index in [9.17, 15) is 10.2 Å². The summed E-state index contributed by atoms with van der Waals surface area (Å²) in [5.41, 5.74) is 1.66. The monoisotopic (exact) mass is 426 g/mol. The van der Waals surface area contributed by atoms with Gasteiger partial charge >= 0.3 is 0 Å². The minimum atomic E-state index is -0.740. The molecule has 0 spiro atoms. The molecule has 0 aromatic heterocycles. The molecular formula is C27H26N2O3. The Morgan fingerprint density at radius 3 is 2.22 bits per heavy atom. The second-order valence-corrected chi connectivity index (χ2v) is 8.44. The molecule has 5 heteroatoms. The van der Waals surface area contributed by atoms with E-state index in [0.29, 0.717) is 11.1 Å². The van der Waals surface area contributed by atoms with E-state index in [1.807, 2.05) is 42.5 Å². The zero-order valence-corrected chi connectivity index (χ0v) is 17.8. The molecule has 0 amide bonds. The lowest BCUT2D eigenvalue weighted by atomic mass is 9.73. The molecule has 0 radical (unpaired) electrons. The zero-order valence-electron chi connectivity index (χ0n) is 17.8. The Morgan fingerprint density at radius 2 is 1.47 bits per heavy atom. The summed E-state index contributed by atoms with van der Waals surface area (Å²) in [5.74, 6) is 1.25. The highest BCUT2D eigenvalue weighted by Crippen LogP contribution is 2.52. The molecule has 3 aromatic carbocycles. The van der Waals surface area contributed by atoms with Gasteiger partial charge in [-0.25, -0.2) is 4.99 Å². The first-order chi connectivity index (χ1) is 15.7. The van der Waals surface area contributed by atoms with Crippen molar-refractivity contribution < 1.29 is 14.9 Å². The second kappa shape index (κ2) is 8.50. The molecule has 0 bridgehead atoms. The topological polar surface area (TPSA) is 74.4 Å². The van der Waals surface area contributed by atoms with Crippen molar-refractivity contribution >= 4 is 12.4 Å². The molecule has 1 saturated carbocycles. The fraction of sp³-hybridized carbons (Fsp3) is 0.259. The van der Waals surface area contributed by atoms with Crippen LogP contribution in [0, 0.1) is 5.92 Å². The Labute approximate surface area is 187 Å². The fourth-order valence-electron chi connectivity index (χ4n) is 4.81. The highest BCUT2D eigenvalue weighted by atomic mass is 16.5. The Kier molecular flexibility index (Phi) is 5.39. The van der Waals surface area contributed by atoms with Crippen molar-refractivity contribution in [3.63, 3.8) is 0 Å². The summed E-state index contributed by atoms with van der Waals surface area (Å²) in [6, 6.07) is 22.3. The van der Waals surface area contributed by atoms with Gasteiger partial charge in [-0.1, -0.05) is 48.9 Å². The molecule has 3 atom stereocenters. The number of ether oxygens (including phenoxy) is 1. The van der Waals surface area contributed by atoms with Crippen LogP contribution >= 0.6 is 0 Å². The van der Waals surface area contributed by atoms with Gasteiger partial charge in [-0.15, -0.1) is 0 Å². The van der Waals surface area contributed by atoms with E-state index in [-0.39, 0.29) is 23.5 Å². The highest BCUT2D eigenvalue weighted by Gasteiger charge is 2.51. The Bertz CT molecular complexity index is 1170. The molecule has 1 aliphatic carbocycles. The van der Waals surface area contributed by atoms with Gasteiger partial charge < -0.3 is 14.9 Å². The summed E-state index contributed by atoms with van der Waals surface area (Å²) < 4.78 is 6.59. The number of fused-ring (bicyclic) bond motifs is 2. The van der Waals surface area contributed by atoms with Gasteiger partial charge in [-0.3, -0.25) is 4.99 Å². The summed E-state index contributed by atoms with van der Waals surface area (Å²) in [6.45, 7) is 0. The zero-order chi connectivity index (χ0) is 22.0. The maximum absolute atomic E-state index is 10.2. The van der Waals surface area contributed by atoms with E-state index in [1.165, 1.54) is 0 Å². The summed E-state index contributed by atoms with van der Waals surface area (Å²) in [6.07, 6.45) is 7.33. The molecule has 1 aliphatic heterocycles. The number of phenolic OH excluding ortho intramolecular Hbond substituents is 2. The van der Waals surface area contributed by atoms with Crippen molar-refractivity contribution in [3.05, 3.63) is 89.5 Å². The standard InChI is InChI=1S/C27H26N2O3/c30-23-13-4-1-9-19(23)17-28-26-21-11-3-6-15-25(21)32-27(16-8-7-12-22(26)27)29-18-20-10-2-5-14-24(20)31/h1-6,9-11,13-15,17-18,22,26,30-31H,7-8,12,16H2/b28-17?,29-18+/t22-,26+,27+/m0/s1. The van der Waals surface area contributed by atoms with Crippen LogP contribution in [0.2, 0.25) is 0 Å². The quantitative estimate of drug-likeness (QED) is 0.529. The Hall–Kier alpha value is -3.60. The van der Waals surface area contributed by atoms with Crippen molar-refractivity contribution in [2.75, 3.05) is 0 Å². The smallest absolute Gasteiger partial charge is 0.205 e. The lowest BCUT2D eigenvalue weighted by Gasteiger charge is -2.47. The highest BCUT2D eigenvalue weighted by molar-refractivity contribution is 5.84. The number of hydrogen-bond acceptors (Lipinski definition) is 5. The van der Waals surface area contributed by atoms with Crippen molar-refractivity contribution in [1.29, 1.82) is 0 Å². The molecule has 3 aromatic rings. The molecule has 2 aliphatic rings. The summed E-state index contributed by atoms with van der Waals surface area (Å²) in [4.78, 5) is 9.93. The van der Waals surface area contributed by atoms with Crippen LogP contribution in [0.15, 0.2) is 82.8 Å². The molecule has 1 fully saturated rings. The van der Waals surface area contributed by atoms with E-state index < -0.39 is 5.72 Å². The van der Waals surface area contributed by atoms with Gasteiger partial charge in [0.15, 0.2) is 0 Å². The number of para-hydroxylation sites is 3. The van der Waals surface area contributed by atoms with E-state index in [4.69, 9.17) is 14.7 Å². The molecule has 162 valence electrons. The fourth-order valence-corrected chi connectivity index (χ4v) is 4.81. The first-order valence-electron chi connectivity index (χ1n) is 11.1. The predicted octanol–water partition coefficient (Wildman–Crippen LogP) is 5.66. The normalized spacial score (nSPS) is 24.8. The lowest BCUT2D eigenvalue weighted by Crippen LogP contribution is -2.49. The number of phenols is 2. The first-order valence-corrected chi connectivity index (χ1v) is 11.1. The maximum atomic E-state index is 10.2. The van der Waals surface area contributed by atoms with E-state index >= 15 is 0 Å². The van der Waals surface area contributed by atoms with Gasteiger partial charge in [0, 0.05) is 41.5 Å². The molecule has 0 saturated heterocycles. The molecule has 0 unspecified atom stereocenters. The predicted molar refractivity (Wildman–Crippen MR) is 126 cm³/mol. The summed E-state index contributed by atoms with van der Waals surface area (Å²) in [7, 11) is 0. The largest absolute Gasteiger partial charge is 0.507 e. The molecule has 2 N–H and O–H groups in total. The molecule has 5 nitrogen and oxygen atoms in total. The average Bonchev–Trinajstić information content (AvgIpc) is 2.82. The van der Waals surface area contributed by atoms with Crippen LogP contribution in [-0.4, -0.2) is 28.4 Å². The van der Waals surface area contributed by atoms with Gasteiger partial charge in [-0.2, -0.15) is 0 Å². The maximum Gasteiger partial charge on any atom is 0.205 e. The third-order valence-corrected chi connectivity index (χ3v) is 6.45. The molecule has 32 heavy (non-hydrogen) atoms. The van der Waals surface area contributed by atoms with Crippen LogP contribution in [0.4, 0.5) is 0 Å². The van der Waals surface area contributed by atoms with Crippen molar-refractivity contribution in [2.24, 2.45) is 15.9 Å². The Morgan fingerprint density at radius 1 is 0.812 bits per heavy atom. The van der Waals surface area contributed by atoms with E-state index in [0.717, 1.165) is 37.0 Å². The minimum absolute atomic E-state index is 0.0513. The number of hydrogen-bond donors (Lipinski definition) is 2. The van der Waals surface area contributed by atoms with Crippen LogP contribution in [0.1, 0.15) is 48.4 Å². The van der Waals surface area contributed by atoms with Gasteiger partial charge in [0.1, 0.15) is 17.2 Å². The van der Waals surface area contributed by atoms with Gasteiger partial charge in [0.2, 0.25) is 5.72 Å². The van der Waals surface area contributed by atoms with Gasteiger partial charge in [0.05, 0.1) is 6.04 Å². The van der Waals surface area contributed by atoms with Gasteiger partial charge in [0.25, 0.3) is 0 Å². The minimum Gasteiger partial charge on any atom is -0.507 e. The number of aliphatic imine (C=N–C) groups is 2. The molecule has 5 rings (SSSR count). The van der Waals surface area contributed by atoms with E-state index in [2.05, 4.69) is 6.07 Å². The number of nitrogens with zero attached hydrogens (tertiary/aromatic N) is 2. The molecular weight excluding hydrogens is 400 g/mol. The SMILES string of the molecule is Oc1ccccc1C=N[C@@H]1c2ccccc2O[C@]2(/N=C/c3ccccc3O)CCCC[C@@H]12. The number of rotatable bonds is 4. The van der Waals surface area contributed by atoms with Crippen LogP contribution in [0.25, 0.3) is 0 Å².